The van der Waals surface area contributed by atoms with Gasteiger partial charge in [-0.25, -0.2) is 0 Å². The van der Waals surface area contributed by atoms with E-state index < -0.39 is 96.3 Å². The molecule has 0 fully saturated rings. The molecule has 5 atom stereocenters. The standard InChI is InChI=1S/C26H37N7O10S/c1-13(36)29-17(10-21(28)38)23(40)33-19(12-35)25(42)31-16(9-14-5-3-2-4-6-14)22(39)32-18(11-34)24(41)30-15(26(43)44)7-8-20(27)37/h2-6,15-19,34-35H,7-12H2,1H3,(H2,27,37)(H2,28,38)(H,29,36)(H,30,41)(H,31,42)(H,32,39)(H,33,40)(H,43,44)/t15-,16-,17-,18-,19-/m0/s1. The van der Waals surface area contributed by atoms with Gasteiger partial charge in [-0.05, 0) is 12.0 Å². The molecule has 18 heteroatoms. The first-order valence-corrected chi connectivity index (χ1v) is 13.7. The van der Waals surface area contributed by atoms with Gasteiger partial charge in [-0.1, -0.05) is 30.3 Å². The molecule has 7 amide bonds. The van der Waals surface area contributed by atoms with Crippen molar-refractivity contribution in [1.29, 1.82) is 0 Å². The maximum Gasteiger partial charge on any atom is 0.245 e. The van der Waals surface area contributed by atoms with Crippen molar-refractivity contribution in [2.45, 2.75) is 62.8 Å². The van der Waals surface area contributed by atoms with Crippen LogP contribution in [0.15, 0.2) is 30.3 Å². The summed E-state index contributed by atoms with van der Waals surface area (Å²) in [6.45, 7) is -0.791. The predicted octanol–water partition coefficient (Wildman–Crippen LogP) is -4.75. The number of nitrogens with two attached hydrogens (primary N) is 2. The Labute approximate surface area is 257 Å². The van der Waals surface area contributed by atoms with Crippen molar-refractivity contribution in [3.05, 3.63) is 35.9 Å². The van der Waals surface area contributed by atoms with Crippen LogP contribution in [0.3, 0.4) is 0 Å². The van der Waals surface area contributed by atoms with Gasteiger partial charge in [-0.3, -0.25) is 38.4 Å². The lowest BCUT2D eigenvalue weighted by Gasteiger charge is -2.26. The van der Waals surface area contributed by atoms with E-state index in [1.54, 1.807) is 30.3 Å². The van der Waals surface area contributed by atoms with Crippen LogP contribution in [0.25, 0.3) is 0 Å². The first-order chi connectivity index (χ1) is 20.7. The topological polar surface area (TPSA) is 289 Å². The van der Waals surface area contributed by atoms with Crippen LogP contribution in [-0.4, -0.2) is 100 Å². The normalized spacial score (nSPS) is 14.0. The van der Waals surface area contributed by atoms with Crippen LogP contribution in [0.1, 0.15) is 31.7 Å². The average molecular weight is 640 g/mol. The molecule has 1 aromatic rings. The minimum Gasteiger partial charge on any atom is -0.394 e. The fourth-order valence-electron chi connectivity index (χ4n) is 3.74. The van der Waals surface area contributed by atoms with Crippen LogP contribution >= 0.6 is 12.6 Å². The fourth-order valence-corrected chi connectivity index (χ4v) is 3.93. The van der Waals surface area contributed by atoms with E-state index in [4.69, 9.17) is 11.5 Å². The molecule has 0 saturated heterocycles. The van der Waals surface area contributed by atoms with Crippen LogP contribution < -0.4 is 38.1 Å². The zero-order valence-corrected chi connectivity index (χ0v) is 24.7. The Balaban J connectivity index is 3.13. The van der Waals surface area contributed by atoms with Gasteiger partial charge in [0.1, 0.15) is 24.2 Å². The Morgan fingerprint density at radius 3 is 1.57 bits per heavy atom. The number of carbonyl (C=O) groups excluding carboxylic acids is 8. The Hall–Kier alpha value is -4.55. The van der Waals surface area contributed by atoms with E-state index in [1.807, 2.05) is 0 Å². The van der Waals surface area contributed by atoms with E-state index in [0.717, 1.165) is 6.92 Å². The summed E-state index contributed by atoms with van der Waals surface area (Å²) in [7, 11) is 0. The second-order valence-corrected chi connectivity index (χ2v) is 10.0. The second-order valence-electron chi connectivity index (χ2n) is 9.57. The lowest BCUT2D eigenvalue weighted by molar-refractivity contribution is -0.136. The summed E-state index contributed by atoms with van der Waals surface area (Å²) >= 11 is 3.66. The highest BCUT2D eigenvalue weighted by Gasteiger charge is 2.32. The smallest absolute Gasteiger partial charge is 0.245 e. The molecule has 0 aliphatic rings. The summed E-state index contributed by atoms with van der Waals surface area (Å²) in [5, 5.41) is 30.1. The molecule has 0 saturated carbocycles. The number of benzene rings is 1. The molecule has 0 unspecified atom stereocenters. The van der Waals surface area contributed by atoms with E-state index in [0.29, 0.717) is 5.56 Å². The fraction of sp³-hybridized carbons (Fsp3) is 0.462. The number of aliphatic hydroxyl groups excluding tert-OH is 2. The number of thiol groups is 1. The summed E-state index contributed by atoms with van der Waals surface area (Å²) in [5.74, 6) is -6.35. The number of amides is 7. The summed E-state index contributed by atoms with van der Waals surface area (Å²) in [4.78, 5) is 97.3. The van der Waals surface area contributed by atoms with Crippen molar-refractivity contribution in [2.75, 3.05) is 13.2 Å². The van der Waals surface area contributed by atoms with Crippen molar-refractivity contribution < 1.29 is 48.6 Å². The van der Waals surface area contributed by atoms with Gasteiger partial charge in [0.05, 0.1) is 25.7 Å². The molecule has 17 nitrogen and oxygen atoms in total. The van der Waals surface area contributed by atoms with Gasteiger partial charge < -0.3 is 48.3 Å². The zero-order valence-electron chi connectivity index (χ0n) is 23.8. The van der Waals surface area contributed by atoms with E-state index in [9.17, 15) is 48.6 Å². The maximum absolute atomic E-state index is 13.3. The highest BCUT2D eigenvalue weighted by molar-refractivity contribution is 7.96. The van der Waals surface area contributed by atoms with Crippen molar-refractivity contribution in [3.63, 3.8) is 0 Å². The molecule has 1 aromatic carbocycles. The summed E-state index contributed by atoms with van der Waals surface area (Å²) in [6, 6.07) is 0.910. The third kappa shape index (κ3) is 13.6. The highest BCUT2D eigenvalue weighted by Crippen LogP contribution is 2.06. The molecule has 1 rings (SSSR count). The van der Waals surface area contributed by atoms with Gasteiger partial charge >= 0.3 is 0 Å². The van der Waals surface area contributed by atoms with Gasteiger partial charge in [0.2, 0.25) is 46.5 Å². The average Bonchev–Trinajstić information content (AvgIpc) is 2.95. The Morgan fingerprint density at radius 1 is 0.682 bits per heavy atom. The predicted molar refractivity (Wildman–Crippen MR) is 156 cm³/mol. The second kappa shape index (κ2) is 18.9. The quantitative estimate of drug-likeness (QED) is 0.0645. The van der Waals surface area contributed by atoms with Crippen molar-refractivity contribution >= 4 is 59.1 Å². The number of hydrogen-bond acceptors (Lipinski definition) is 10. The van der Waals surface area contributed by atoms with Gasteiger partial charge in [0.15, 0.2) is 0 Å². The van der Waals surface area contributed by atoms with E-state index >= 15 is 0 Å². The lowest BCUT2D eigenvalue weighted by atomic mass is 10.0. The van der Waals surface area contributed by atoms with Gasteiger partial charge in [-0.15, -0.1) is 12.6 Å². The maximum atomic E-state index is 13.3. The SMILES string of the molecule is CC(=O)N[C@@H](CC(N)=O)C(=O)N[C@@H](CO)C(=O)N[C@@H](Cc1ccccc1)C(=O)N[C@@H](CO)C(=O)N[C@@H](CCC(N)=O)C(=O)S. The summed E-state index contributed by atoms with van der Waals surface area (Å²) < 4.78 is 0. The molecule has 11 N–H and O–H groups in total. The lowest BCUT2D eigenvalue weighted by Crippen LogP contribution is -2.60. The zero-order chi connectivity index (χ0) is 33.4. The highest BCUT2D eigenvalue weighted by atomic mass is 32.1. The summed E-state index contributed by atoms with van der Waals surface area (Å²) in [6.07, 6.45) is -1.18. The first kappa shape index (κ1) is 37.5. The molecule has 242 valence electrons. The number of aliphatic hydroxyl groups is 2. The molecular formula is C26H37N7O10S. The first-order valence-electron chi connectivity index (χ1n) is 13.2. The van der Waals surface area contributed by atoms with Crippen molar-refractivity contribution in [3.8, 4) is 0 Å². The van der Waals surface area contributed by atoms with Crippen molar-refractivity contribution in [2.24, 2.45) is 11.5 Å². The van der Waals surface area contributed by atoms with E-state index in [-0.39, 0.29) is 19.3 Å². The number of rotatable bonds is 19. The largest absolute Gasteiger partial charge is 0.394 e. The molecular weight excluding hydrogens is 602 g/mol. The van der Waals surface area contributed by atoms with Gasteiger partial charge in [0, 0.05) is 19.8 Å². The minimum absolute atomic E-state index is 0.142. The van der Waals surface area contributed by atoms with Crippen LogP contribution in [-0.2, 0) is 44.8 Å². The van der Waals surface area contributed by atoms with E-state index in [1.165, 1.54) is 0 Å². The number of hydrogen-bond donors (Lipinski definition) is 10. The molecule has 0 spiro atoms. The van der Waals surface area contributed by atoms with Crippen LogP contribution in [0.4, 0.5) is 0 Å². The number of nitrogens with one attached hydrogen (secondary N) is 5. The third-order valence-corrected chi connectivity index (χ3v) is 6.25. The molecule has 0 heterocycles. The van der Waals surface area contributed by atoms with Crippen molar-refractivity contribution in [1.82, 2.24) is 26.6 Å². The molecule has 44 heavy (non-hydrogen) atoms. The summed E-state index contributed by atoms with van der Waals surface area (Å²) in [5.41, 5.74) is 10.7. The Kier molecular flexibility index (Phi) is 16.1. The van der Waals surface area contributed by atoms with Crippen LogP contribution in [0.5, 0.6) is 0 Å². The van der Waals surface area contributed by atoms with Gasteiger partial charge in [0.25, 0.3) is 0 Å². The van der Waals surface area contributed by atoms with Crippen LogP contribution in [0.2, 0.25) is 0 Å². The minimum atomic E-state index is -1.65. The Bertz CT molecular complexity index is 1200. The Morgan fingerprint density at radius 2 is 1.14 bits per heavy atom. The van der Waals surface area contributed by atoms with Gasteiger partial charge in [-0.2, -0.15) is 0 Å². The molecule has 0 aliphatic carbocycles. The van der Waals surface area contributed by atoms with E-state index in [2.05, 4.69) is 39.2 Å². The molecule has 0 aliphatic heterocycles. The number of primary amides is 2. The molecule has 0 radical (unpaired) electrons. The third-order valence-electron chi connectivity index (χ3n) is 5.94. The molecule has 0 aromatic heterocycles. The molecule has 0 bridgehead atoms. The number of carbonyl (C=O) groups is 8. The monoisotopic (exact) mass is 639 g/mol. The van der Waals surface area contributed by atoms with Crippen LogP contribution in [0, 0.1) is 0 Å².